The van der Waals surface area contributed by atoms with Gasteiger partial charge in [-0.1, -0.05) is 0 Å². The lowest BCUT2D eigenvalue weighted by Crippen LogP contribution is -2.55. The molecule has 5 heteroatoms. The first-order chi connectivity index (χ1) is 8.61. The molecule has 5 nitrogen and oxygen atoms in total. The lowest BCUT2D eigenvalue weighted by atomic mass is 10.0. The number of hydrogen-bond acceptors (Lipinski definition) is 5. The Bertz CT molecular complexity index is 379. The summed E-state index contributed by atoms with van der Waals surface area (Å²) >= 11 is 0. The molecule has 102 valence electrons. The molecule has 0 unspecified atom stereocenters. The van der Waals surface area contributed by atoms with E-state index in [1.807, 2.05) is 31.0 Å². The van der Waals surface area contributed by atoms with Gasteiger partial charge < -0.3 is 19.0 Å². The molecule has 0 radical (unpaired) electrons. The Hall–Kier alpha value is -0.880. The molecule has 0 aliphatic carbocycles. The van der Waals surface area contributed by atoms with Gasteiger partial charge in [0.05, 0.1) is 25.8 Å². The van der Waals surface area contributed by atoms with Gasteiger partial charge in [-0.15, -0.1) is 0 Å². The number of hydrogen-bond donors (Lipinski definition) is 1. The Morgan fingerprint density at radius 2 is 2.22 bits per heavy atom. The van der Waals surface area contributed by atoms with Crippen molar-refractivity contribution < 1.29 is 19.0 Å². The van der Waals surface area contributed by atoms with E-state index in [9.17, 15) is 5.11 Å². The third kappa shape index (κ3) is 2.92. The molecule has 1 aliphatic heterocycles. The van der Waals surface area contributed by atoms with E-state index in [4.69, 9.17) is 13.9 Å². The van der Waals surface area contributed by atoms with Crippen molar-refractivity contribution >= 4 is 0 Å². The van der Waals surface area contributed by atoms with Crippen molar-refractivity contribution in [2.45, 2.75) is 31.7 Å². The Labute approximate surface area is 107 Å². The van der Waals surface area contributed by atoms with Crippen LogP contribution in [0.3, 0.4) is 0 Å². The van der Waals surface area contributed by atoms with Gasteiger partial charge in [-0.2, -0.15) is 0 Å². The highest BCUT2D eigenvalue weighted by Crippen LogP contribution is 2.18. The van der Waals surface area contributed by atoms with Crippen LogP contribution in [0, 0.1) is 6.92 Å². The Kier molecular flexibility index (Phi) is 4.40. The van der Waals surface area contributed by atoms with Gasteiger partial charge in [-0.05, 0) is 26.1 Å². The monoisotopic (exact) mass is 255 g/mol. The molecule has 3 atom stereocenters. The Morgan fingerprint density at radius 3 is 2.83 bits per heavy atom. The predicted molar refractivity (Wildman–Crippen MR) is 66.3 cm³/mol. The third-order valence-electron chi connectivity index (χ3n) is 3.42. The molecule has 2 rings (SSSR count). The first-order valence-corrected chi connectivity index (χ1v) is 6.16. The van der Waals surface area contributed by atoms with Gasteiger partial charge in [0.1, 0.15) is 23.7 Å². The molecule has 1 N–H and O–H groups in total. The number of aliphatic hydroxyl groups is 1. The second-order valence-electron chi connectivity index (χ2n) is 4.80. The molecule has 1 saturated heterocycles. The van der Waals surface area contributed by atoms with Crippen LogP contribution >= 0.6 is 0 Å². The fourth-order valence-electron chi connectivity index (χ4n) is 2.28. The SMILES string of the molecule is CO[C@@H]1COC[C@@H](N(C)Cc2ccc(C)o2)[C@@H]1O. The quantitative estimate of drug-likeness (QED) is 0.862. The van der Waals surface area contributed by atoms with Gasteiger partial charge in [-0.25, -0.2) is 0 Å². The number of nitrogens with zero attached hydrogens (tertiary/aromatic N) is 1. The minimum atomic E-state index is -0.537. The van der Waals surface area contributed by atoms with Crippen molar-refractivity contribution in [3.63, 3.8) is 0 Å². The highest BCUT2D eigenvalue weighted by atomic mass is 16.5. The summed E-state index contributed by atoms with van der Waals surface area (Å²) in [7, 11) is 3.54. The maximum atomic E-state index is 10.2. The van der Waals surface area contributed by atoms with Gasteiger partial charge in [0.25, 0.3) is 0 Å². The fraction of sp³-hybridized carbons (Fsp3) is 0.692. The van der Waals surface area contributed by atoms with Crippen LogP contribution in [0.5, 0.6) is 0 Å². The van der Waals surface area contributed by atoms with Crippen LogP contribution < -0.4 is 0 Å². The number of ether oxygens (including phenoxy) is 2. The summed E-state index contributed by atoms with van der Waals surface area (Å²) in [5, 5.41) is 10.2. The Morgan fingerprint density at radius 1 is 1.44 bits per heavy atom. The van der Waals surface area contributed by atoms with Gasteiger partial charge in [0, 0.05) is 7.11 Å². The van der Waals surface area contributed by atoms with Crippen LogP contribution in [0.25, 0.3) is 0 Å². The molecule has 0 bridgehead atoms. The summed E-state index contributed by atoms with van der Waals surface area (Å²) in [6.45, 7) is 3.53. The van der Waals surface area contributed by atoms with Crippen LogP contribution in [-0.4, -0.2) is 55.6 Å². The second kappa shape index (κ2) is 5.84. The average molecular weight is 255 g/mol. The zero-order chi connectivity index (χ0) is 13.1. The molecule has 2 heterocycles. The molecule has 0 aromatic carbocycles. The molecule has 0 amide bonds. The summed E-state index contributed by atoms with van der Waals surface area (Å²) in [4.78, 5) is 2.04. The van der Waals surface area contributed by atoms with E-state index < -0.39 is 6.10 Å². The highest BCUT2D eigenvalue weighted by Gasteiger charge is 2.35. The van der Waals surface area contributed by atoms with Crippen molar-refractivity contribution in [1.29, 1.82) is 0 Å². The number of aryl methyl sites for hydroxylation is 1. The number of rotatable bonds is 4. The summed E-state index contributed by atoms with van der Waals surface area (Å²) in [5.74, 6) is 1.79. The summed E-state index contributed by atoms with van der Waals surface area (Å²) < 4.78 is 16.2. The van der Waals surface area contributed by atoms with E-state index in [1.165, 1.54) is 0 Å². The molecule has 1 aromatic heterocycles. The largest absolute Gasteiger partial charge is 0.465 e. The zero-order valence-electron chi connectivity index (χ0n) is 11.1. The van der Waals surface area contributed by atoms with Crippen molar-refractivity contribution in [2.24, 2.45) is 0 Å². The predicted octanol–water partition coefficient (Wildman–Crippen LogP) is 0.795. The van der Waals surface area contributed by atoms with Crippen molar-refractivity contribution in [1.82, 2.24) is 4.90 Å². The van der Waals surface area contributed by atoms with Crippen molar-refractivity contribution in [3.05, 3.63) is 23.7 Å². The van der Waals surface area contributed by atoms with Crippen LogP contribution in [0.15, 0.2) is 16.5 Å². The molecular formula is C13H21NO4. The summed E-state index contributed by atoms with van der Waals surface area (Å²) in [6.07, 6.45) is -0.797. The molecule has 1 fully saturated rings. The van der Waals surface area contributed by atoms with E-state index >= 15 is 0 Å². The molecule has 0 spiro atoms. The van der Waals surface area contributed by atoms with Crippen LogP contribution in [0.4, 0.5) is 0 Å². The summed E-state index contributed by atoms with van der Waals surface area (Å²) in [6, 6.07) is 3.82. The van der Waals surface area contributed by atoms with E-state index in [0.717, 1.165) is 11.5 Å². The first-order valence-electron chi connectivity index (χ1n) is 6.16. The zero-order valence-corrected chi connectivity index (χ0v) is 11.1. The maximum Gasteiger partial charge on any atom is 0.118 e. The van der Waals surface area contributed by atoms with Crippen LogP contribution in [0.1, 0.15) is 11.5 Å². The van der Waals surface area contributed by atoms with Gasteiger partial charge >= 0.3 is 0 Å². The number of furan rings is 1. The minimum Gasteiger partial charge on any atom is -0.465 e. The highest BCUT2D eigenvalue weighted by molar-refractivity contribution is 5.05. The van der Waals surface area contributed by atoms with E-state index in [2.05, 4.69) is 0 Å². The normalized spacial score (nSPS) is 28.8. The van der Waals surface area contributed by atoms with Gasteiger partial charge in [-0.3, -0.25) is 4.90 Å². The first kappa shape index (κ1) is 13.5. The van der Waals surface area contributed by atoms with E-state index in [0.29, 0.717) is 19.8 Å². The van der Waals surface area contributed by atoms with E-state index in [-0.39, 0.29) is 12.1 Å². The topological polar surface area (TPSA) is 55.1 Å². The van der Waals surface area contributed by atoms with Crippen LogP contribution in [0.2, 0.25) is 0 Å². The number of methoxy groups -OCH3 is 1. The van der Waals surface area contributed by atoms with Gasteiger partial charge in [0.2, 0.25) is 0 Å². The Balaban J connectivity index is 1.97. The maximum absolute atomic E-state index is 10.2. The molecule has 18 heavy (non-hydrogen) atoms. The minimum absolute atomic E-state index is 0.0749. The molecular weight excluding hydrogens is 234 g/mol. The molecule has 1 aromatic rings. The standard InChI is InChI=1S/C13H21NO4/c1-9-4-5-10(18-9)6-14(2)11-7-17-8-12(16-3)13(11)15/h4-5,11-13,15H,6-8H2,1-3H3/t11-,12-,13+/m1/s1. The summed E-state index contributed by atoms with van der Waals surface area (Å²) in [5.41, 5.74) is 0. The van der Waals surface area contributed by atoms with E-state index in [1.54, 1.807) is 7.11 Å². The second-order valence-corrected chi connectivity index (χ2v) is 4.80. The third-order valence-corrected chi connectivity index (χ3v) is 3.42. The van der Waals surface area contributed by atoms with Crippen molar-refractivity contribution in [3.8, 4) is 0 Å². The lowest BCUT2D eigenvalue weighted by Gasteiger charge is -2.38. The number of likely N-dealkylation sites (N-methyl/N-ethyl adjacent to an activating group) is 1. The average Bonchev–Trinajstić information content (AvgIpc) is 2.75. The smallest absolute Gasteiger partial charge is 0.118 e. The van der Waals surface area contributed by atoms with Crippen molar-refractivity contribution in [2.75, 3.05) is 27.4 Å². The van der Waals surface area contributed by atoms with Gasteiger partial charge in [0.15, 0.2) is 0 Å². The van der Waals surface area contributed by atoms with Crippen LogP contribution in [-0.2, 0) is 16.0 Å². The number of aliphatic hydroxyl groups excluding tert-OH is 1. The molecule has 1 aliphatic rings. The fourth-order valence-corrected chi connectivity index (χ4v) is 2.28. The molecule has 0 saturated carbocycles. The lowest BCUT2D eigenvalue weighted by molar-refractivity contribution is -0.142.